The Bertz CT molecular complexity index is 1310. The fourth-order valence-electron chi connectivity index (χ4n) is 3.46. The lowest BCUT2D eigenvalue weighted by atomic mass is 10.0. The summed E-state index contributed by atoms with van der Waals surface area (Å²) in [6.45, 7) is 4.26. The van der Waals surface area contributed by atoms with E-state index < -0.39 is 11.2 Å². The molecule has 0 saturated carbocycles. The molecule has 0 radical (unpaired) electrons. The Hall–Kier alpha value is -3.87. The lowest BCUT2D eigenvalue weighted by Gasteiger charge is -2.15. The van der Waals surface area contributed by atoms with Gasteiger partial charge < -0.3 is 4.57 Å². The van der Waals surface area contributed by atoms with Crippen LogP contribution in [0.4, 0.5) is 0 Å². The van der Waals surface area contributed by atoms with E-state index in [0.29, 0.717) is 11.5 Å². The third-order valence-electron chi connectivity index (χ3n) is 5.23. The summed E-state index contributed by atoms with van der Waals surface area (Å²) in [5, 5.41) is 0. The number of aromatic nitrogens is 4. The number of pyridine rings is 2. The number of rotatable bonds is 6. The molecule has 31 heavy (non-hydrogen) atoms. The molecule has 1 aromatic carbocycles. The molecule has 7 heteroatoms. The predicted molar refractivity (Wildman–Crippen MR) is 118 cm³/mol. The molecule has 0 amide bonds. The number of Topliss-reactive ketones (excluding diaryl/α,β-unsaturated/α-hetero) is 1. The largest absolute Gasteiger partial charge is 0.352 e. The average Bonchev–Trinajstić information content (AvgIpc) is 2.78. The van der Waals surface area contributed by atoms with E-state index in [2.05, 4.69) is 23.8 Å². The van der Waals surface area contributed by atoms with Gasteiger partial charge in [0.25, 0.3) is 5.56 Å². The maximum Gasteiger partial charge on any atom is 0.352 e. The third-order valence-corrected chi connectivity index (χ3v) is 5.23. The van der Waals surface area contributed by atoms with Crippen molar-refractivity contribution >= 4 is 5.78 Å². The predicted octanol–water partition coefficient (Wildman–Crippen LogP) is 2.96. The van der Waals surface area contributed by atoms with Crippen molar-refractivity contribution in [1.82, 2.24) is 19.1 Å². The molecule has 0 saturated heterocycles. The molecule has 1 aromatic heterocycles. The molecule has 156 valence electrons. The van der Waals surface area contributed by atoms with E-state index in [-0.39, 0.29) is 30.3 Å². The summed E-state index contributed by atoms with van der Waals surface area (Å²) in [6.07, 6.45) is 4.88. The highest BCUT2D eigenvalue weighted by molar-refractivity contribution is 5.96. The van der Waals surface area contributed by atoms with Crippen LogP contribution in [-0.2, 0) is 13.1 Å². The minimum absolute atomic E-state index is 0.0170. The van der Waals surface area contributed by atoms with E-state index in [0.717, 1.165) is 15.7 Å². The van der Waals surface area contributed by atoms with Crippen molar-refractivity contribution in [3.05, 3.63) is 105 Å². The molecule has 4 rings (SSSR count). The number of hydrogen-bond acceptors (Lipinski definition) is 5. The minimum Gasteiger partial charge on any atom is -0.324 e. The number of nitrogens with zero attached hydrogens (tertiary/aromatic N) is 4. The van der Waals surface area contributed by atoms with Crippen molar-refractivity contribution in [3.63, 3.8) is 0 Å². The Morgan fingerprint density at radius 3 is 2.48 bits per heavy atom. The molecule has 0 unspecified atom stereocenters. The van der Waals surface area contributed by atoms with Crippen molar-refractivity contribution in [2.75, 3.05) is 0 Å². The molecule has 0 fully saturated rings. The second-order valence-corrected chi connectivity index (χ2v) is 7.72. The second-order valence-electron chi connectivity index (χ2n) is 7.72. The summed E-state index contributed by atoms with van der Waals surface area (Å²) in [7, 11) is 0. The highest BCUT2D eigenvalue weighted by Crippen LogP contribution is 2.17. The van der Waals surface area contributed by atoms with Crippen LogP contribution in [0.2, 0.25) is 0 Å². The lowest BCUT2D eigenvalue weighted by Crippen LogP contribution is -2.38. The first-order valence-corrected chi connectivity index (χ1v) is 10.1. The van der Waals surface area contributed by atoms with Crippen molar-refractivity contribution in [3.8, 4) is 11.4 Å². The third kappa shape index (κ3) is 4.21. The van der Waals surface area contributed by atoms with E-state index in [1.807, 2.05) is 12.1 Å². The van der Waals surface area contributed by atoms with Crippen molar-refractivity contribution in [1.29, 1.82) is 0 Å². The quantitative estimate of drug-likeness (QED) is 0.453. The molecule has 7 nitrogen and oxygen atoms in total. The maximum absolute atomic E-state index is 13.0. The molecule has 0 spiro atoms. The molecule has 3 heterocycles. The van der Waals surface area contributed by atoms with Gasteiger partial charge in [-0.15, -0.1) is 0 Å². The average molecular weight is 414 g/mol. The molecule has 0 aliphatic carbocycles. The lowest BCUT2D eigenvalue weighted by molar-refractivity contribution is 0.0972. The Balaban J connectivity index is 1.67. The first-order valence-electron chi connectivity index (χ1n) is 10.1. The number of carbonyl (C=O) groups excluding carboxylic acids is 1. The van der Waals surface area contributed by atoms with Gasteiger partial charge in [-0.3, -0.25) is 19.1 Å². The topological polar surface area (TPSA) is 86.9 Å². The molecule has 2 aliphatic rings. The molecular formula is C24H22N4O3. The molecule has 2 aliphatic heterocycles. The van der Waals surface area contributed by atoms with Gasteiger partial charge in [0.2, 0.25) is 0 Å². The van der Waals surface area contributed by atoms with E-state index in [1.165, 1.54) is 0 Å². The standard InChI is InChI=1S/C24H22N4O3/c1-16(2)18-7-9-19(10-8-18)21(29)15-27-12-4-6-20-22(27)26-24(31)28(23(20)30)14-17-5-3-11-25-13-17/h3-13,16H,14-15H2,1-2H3. The Morgan fingerprint density at radius 1 is 1.03 bits per heavy atom. The SMILES string of the molecule is CC(C)c1ccc(C(=O)Cn2cccc3c(=O)n(Cc4cccnc4)c(=O)nc2-3)cc1. The summed E-state index contributed by atoms with van der Waals surface area (Å²) in [5.74, 6) is 0.457. The van der Waals surface area contributed by atoms with Gasteiger partial charge in [-0.05, 0) is 35.2 Å². The fraction of sp³-hybridized carbons (Fsp3) is 0.208. The van der Waals surface area contributed by atoms with Crippen LogP contribution in [-0.4, -0.2) is 24.9 Å². The summed E-state index contributed by atoms with van der Waals surface area (Å²) in [5.41, 5.74) is 1.64. The van der Waals surface area contributed by atoms with Gasteiger partial charge in [0.15, 0.2) is 11.6 Å². The maximum atomic E-state index is 13.0. The highest BCUT2D eigenvalue weighted by Gasteiger charge is 2.19. The van der Waals surface area contributed by atoms with Gasteiger partial charge in [0, 0.05) is 24.2 Å². The van der Waals surface area contributed by atoms with E-state index >= 15 is 0 Å². The Kier molecular flexibility index (Phi) is 5.58. The van der Waals surface area contributed by atoms with Crippen molar-refractivity contribution in [2.45, 2.75) is 32.9 Å². The van der Waals surface area contributed by atoms with Crippen LogP contribution in [0.25, 0.3) is 11.4 Å². The van der Waals surface area contributed by atoms with Crippen LogP contribution in [0.3, 0.4) is 0 Å². The summed E-state index contributed by atoms with van der Waals surface area (Å²) in [4.78, 5) is 46.5. The van der Waals surface area contributed by atoms with Crippen LogP contribution in [0.5, 0.6) is 0 Å². The van der Waals surface area contributed by atoms with Crippen LogP contribution in [0, 0.1) is 0 Å². The minimum atomic E-state index is -0.657. The van der Waals surface area contributed by atoms with E-state index in [9.17, 15) is 14.4 Å². The van der Waals surface area contributed by atoms with Gasteiger partial charge in [0.05, 0.1) is 18.7 Å². The smallest absolute Gasteiger partial charge is 0.324 e. The number of fused-ring (bicyclic) bond motifs is 1. The van der Waals surface area contributed by atoms with E-state index in [1.54, 1.807) is 59.6 Å². The number of ketones is 1. The van der Waals surface area contributed by atoms with Crippen molar-refractivity contribution < 1.29 is 4.79 Å². The first-order chi connectivity index (χ1) is 14.9. The summed E-state index contributed by atoms with van der Waals surface area (Å²) >= 11 is 0. The molecule has 0 bridgehead atoms. The highest BCUT2D eigenvalue weighted by atomic mass is 16.2. The van der Waals surface area contributed by atoms with Crippen molar-refractivity contribution in [2.24, 2.45) is 0 Å². The number of carbonyl (C=O) groups is 1. The second kappa shape index (κ2) is 8.47. The number of hydrogen-bond donors (Lipinski definition) is 0. The first kappa shape index (κ1) is 20.4. The zero-order valence-corrected chi connectivity index (χ0v) is 17.4. The van der Waals surface area contributed by atoms with Crippen LogP contribution in [0.1, 0.15) is 41.3 Å². The van der Waals surface area contributed by atoms with Gasteiger partial charge in [0.1, 0.15) is 0 Å². The zero-order valence-electron chi connectivity index (χ0n) is 17.4. The molecule has 2 aromatic rings. The molecule has 0 N–H and O–H groups in total. The van der Waals surface area contributed by atoms with Crippen LogP contribution < -0.4 is 11.2 Å². The Morgan fingerprint density at radius 2 is 1.81 bits per heavy atom. The Labute approximate surface area is 179 Å². The van der Waals surface area contributed by atoms with Crippen LogP contribution in [0.15, 0.2) is 76.7 Å². The monoisotopic (exact) mass is 414 g/mol. The van der Waals surface area contributed by atoms with Gasteiger partial charge in [-0.1, -0.05) is 44.2 Å². The zero-order chi connectivity index (χ0) is 22.0. The summed E-state index contributed by atoms with van der Waals surface area (Å²) < 4.78 is 2.63. The van der Waals surface area contributed by atoms with Crippen LogP contribution >= 0.6 is 0 Å². The van der Waals surface area contributed by atoms with Gasteiger partial charge in [-0.25, -0.2) is 4.79 Å². The van der Waals surface area contributed by atoms with Gasteiger partial charge in [-0.2, -0.15) is 4.98 Å². The van der Waals surface area contributed by atoms with E-state index in [4.69, 9.17) is 0 Å². The normalized spacial score (nSPS) is 11.2. The summed E-state index contributed by atoms with van der Waals surface area (Å²) in [6, 6.07) is 14.3. The fourth-order valence-corrected chi connectivity index (χ4v) is 3.46. The van der Waals surface area contributed by atoms with Gasteiger partial charge >= 0.3 is 5.69 Å². The number of benzene rings is 1. The molecular weight excluding hydrogens is 392 g/mol. The molecule has 0 atom stereocenters.